The van der Waals surface area contributed by atoms with E-state index < -0.39 is 0 Å². The molecule has 0 radical (unpaired) electrons. The van der Waals surface area contributed by atoms with Gasteiger partial charge in [0.15, 0.2) is 0 Å². The third-order valence-corrected chi connectivity index (χ3v) is 2.19. The van der Waals surface area contributed by atoms with Crippen molar-refractivity contribution in [1.29, 1.82) is 0 Å². The summed E-state index contributed by atoms with van der Waals surface area (Å²) in [4.78, 5) is 0. The van der Waals surface area contributed by atoms with Gasteiger partial charge < -0.3 is 15.4 Å². The number of hydrogen-bond donors (Lipinski definition) is 2. The predicted molar refractivity (Wildman–Crippen MR) is 67.8 cm³/mol. The Morgan fingerprint density at radius 2 is 1.88 bits per heavy atom. The molecule has 0 atom stereocenters. The van der Waals surface area contributed by atoms with Crippen molar-refractivity contribution in [3.63, 3.8) is 0 Å². The van der Waals surface area contributed by atoms with Gasteiger partial charge in [0.25, 0.3) is 0 Å². The molecule has 0 amide bonds. The van der Waals surface area contributed by atoms with Crippen molar-refractivity contribution in [1.82, 2.24) is 10.6 Å². The number of rotatable bonds is 7. The number of ether oxygens (including phenoxy) is 1. The zero-order valence-corrected chi connectivity index (χ0v) is 10.4. The largest absolute Gasteiger partial charge is 0.491 e. The van der Waals surface area contributed by atoms with Gasteiger partial charge in [0.2, 0.25) is 0 Å². The molecule has 0 unspecified atom stereocenters. The van der Waals surface area contributed by atoms with Gasteiger partial charge in [-0.1, -0.05) is 12.1 Å². The van der Waals surface area contributed by atoms with Crippen LogP contribution in [0.3, 0.4) is 0 Å². The van der Waals surface area contributed by atoms with Crippen LogP contribution in [0, 0.1) is 0 Å². The third-order valence-electron chi connectivity index (χ3n) is 2.19. The SMILES string of the molecule is CNCNCCc1ccc(OC(C)C)cc1. The predicted octanol–water partition coefficient (Wildman–Crippen LogP) is 1.78. The first-order valence-electron chi connectivity index (χ1n) is 5.83. The Hall–Kier alpha value is -1.06. The molecule has 2 N–H and O–H groups in total. The summed E-state index contributed by atoms with van der Waals surface area (Å²) in [7, 11) is 1.94. The van der Waals surface area contributed by atoms with Crippen LogP contribution in [0.15, 0.2) is 24.3 Å². The molecule has 0 bridgehead atoms. The maximum Gasteiger partial charge on any atom is 0.119 e. The number of hydrogen-bond acceptors (Lipinski definition) is 3. The van der Waals surface area contributed by atoms with E-state index in [9.17, 15) is 0 Å². The highest BCUT2D eigenvalue weighted by Crippen LogP contribution is 2.13. The molecule has 0 aliphatic carbocycles. The summed E-state index contributed by atoms with van der Waals surface area (Å²) in [5.41, 5.74) is 1.33. The second-order valence-corrected chi connectivity index (χ2v) is 4.09. The van der Waals surface area contributed by atoms with E-state index >= 15 is 0 Å². The average molecular weight is 222 g/mol. The summed E-state index contributed by atoms with van der Waals surface area (Å²) in [6.45, 7) is 5.92. The number of benzene rings is 1. The van der Waals surface area contributed by atoms with Crippen LogP contribution < -0.4 is 15.4 Å². The average Bonchev–Trinajstić information content (AvgIpc) is 2.26. The molecule has 3 heteroatoms. The van der Waals surface area contributed by atoms with Crippen LogP contribution in [0.25, 0.3) is 0 Å². The monoisotopic (exact) mass is 222 g/mol. The fourth-order valence-electron chi connectivity index (χ4n) is 1.45. The molecule has 3 nitrogen and oxygen atoms in total. The standard InChI is InChI=1S/C13H22N2O/c1-11(2)16-13-6-4-12(5-7-13)8-9-15-10-14-3/h4-7,11,14-15H,8-10H2,1-3H3. The lowest BCUT2D eigenvalue weighted by molar-refractivity contribution is 0.242. The molecule has 0 aliphatic heterocycles. The number of nitrogens with one attached hydrogen (secondary N) is 2. The van der Waals surface area contributed by atoms with Crippen molar-refractivity contribution in [3.8, 4) is 5.75 Å². The molecule has 0 heterocycles. The van der Waals surface area contributed by atoms with Crippen molar-refractivity contribution in [2.24, 2.45) is 0 Å². The van der Waals surface area contributed by atoms with E-state index in [4.69, 9.17) is 4.74 Å². The minimum Gasteiger partial charge on any atom is -0.491 e. The lowest BCUT2D eigenvalue weighted by atomic mass is 10.1. The fraction of sp³-hybridized carbons (Fsp3) is 0.538. The molecular weight excluding hydrogens is 200 g/mol. The molecular formula is C13H22N2O. The second kappa shape index (κ2) is 7.25. The first-order valence-corrected chi connectivity index (χ1v) is 5.83. The van der Waals surface area contributed by atoms with Gasteiger partial charge in [-0.15, -0.1) is 0 Å². The van der Waals surface area contributed by atoms with Crippen molar-refractivity contribution in [2.45, 2.75) is 26.4 Å². The highest BCUT2D eigenvalue weighted by atomic mass is 16.5. The third kappa shape index (κ3) is 5.14. The first-order chi connectivity index (χ1) is 7.72. The van der Waals surface area contributed by atoms with Gasteiger partial charge in [-0.25, -0.2) is 0 Å². The Kier molecular flexibility index (Phi) is 5.90. The van der Waals surface area contributed by atoms with E-state index in [1.807, 2.05) is 33.0 Å². The van der Waals surface area contributed by atoms with Crippen molar-refractivity contribution < 1.29 is 4.74 Å². The lowest BCUT2D eigenvalue weighted by Gasteiger charge is -2.10. The first kappa shape index (κ1) is 13.0. The Morgan fingerprint density at radius 3 is 2.44 bits per heavy atom. The summed E-state index contributed by atoms with van der Waals surface area (Å²) in [5.74, 6) is 0.946. The topological polar surface area (TPSA) is 33.3 Å². The van der Waals surface area contributed by atoms with Crippen molar-refractivity contribution in [2.75, 3.05) is 20.3 Å². The molecule has 0 spiro atoms. The molecule has 1 rings (SSSR count). The van der Waals surface area contributed by atoms with Crippen LogP contribution in [-0.4, -0.2) is 26.4 Å². The molecule has 0 aromatic heterocycles. The Bertz CT molecular complexity index is 282. The highest BCUT2D eigenvalue weighted by Gasteiger charge is 1.97. The van der Waals surface area contributed by atoms with E-state index in [2.05, 4.69) is 22.8 Å². The van der Waals surface area contributed by atoms with Crippen LogP contribution >= 0.6 is 0 Å². The van der Waals surface area contributed by atoms with Gasteiger partial charge >= 0.3 is 0 Å². The van der Waals surface area contributed by atoms with Crippen LogP contribution in [-0.2, 0) is 6.42 Å². The maximum absolute atomic E-state index is 5.59. The molecule has 0 saturated heterocycles. The van der Waals surface area contributed by atoms with Gasteiger partial charge in [0, 0.05) is 13.2 Å². The summed E-state index contributed by atoms with van der Waals surface area (Å²) in [6, 6.07) is 8.32. The lowest BCUT2D eigenvalue weighted by Crippen LogP contribution is -2.27. The zero-order chi connectivity index (χ0) is 11.8. The van der Waals surface area contributed by atoms with Gasteiger partial charge in [0.1, 0.15) is 5.75 Å². The molecule has 1 aromatic rings. The Morgan fingerprint density at radius 1 is 1.19 bits per heavy atom. The molecule has 90 valence electrons. The summed E-state index contributed by atoms with van der Waals surface area (Å²) in [6.07, 6.45) is 1.28. The van der Waals surface area contributed by atoms with E-state index in [0.717, 1.165) is 25.4 Å². The normalized spacial score (nSPS) is 10.8. The zero-order valence-electron chi connectivity index (χ0n) is 10.4. The van der Waals surface area contributed by atoms with E-state index in [-0.39, 0.29) is 6.10 Å². The van der Waals surface area contributed by atoms with Gasteiger partial charge in [0.05, 0.1) is 6.10 Å². The summed E-state index contributed by atoms with van der Waals surface area (Å²) < 4.78 is 5.59. The fourth-order valence-corrected chi connectivity index (χ4v) is 1.45. The van der Waals surface area contributed by atoms with Gasteiger partial charge in [-0.2, -0.15) is 0 Å². The Labute approximate surface area is 98.2 Å². The van der Waals surface area contributed by atoms with Crippen molar-refractivity contribution >= 4 is 0 Å². The molecule has 0 aliphatic rings. The highest BCUT2D eigenvalue weighted by molar-refractivity contribution is 5.27. The minimum absolute atomic E-state index is 0.239. The molecule has 1 aromatic carbocycles. The van der Waals surface area contributed by atoms with Gasteiger partial charge in [-0.05, 0) is 45.0 Å². The van der Waals surface area contributed by atoms with Crippen LogP contribution in [0.2, 0.25) is 0 Å². The molecule has 0 fully saturated rings. The second-order valence-electron chi connectivity index (χ2n) is 4.09. The van der Waals surface area contributed by atoms with Gasteiger partial charge in [-0.3, -0.25) is 0 Å². The molecule has 16 heavy (non-hydrogen) atoms. The summed E-state index contributed by atoms with van der Waals surface area (Å²) in [5, 5.41) is 6.34. The summed E-state index contributed by atoms with van der Waals surface area (Å²) >= 11 is 0. The Balaban J connectivity index is 2.33. The smallest absolute Gasteiger partial charge is 0.119 e. The van der Waals surface area contributed by atoms with E-state index in [1.54, 1.807) is 0 Å². The van der Waals surface area contributed by atoms with Crippen LogP contribution in [0.5, 0.6) is 5.75 Å². The minimum atomic E-state index is 0.239. The molecule has 0 saturated carbocycles. The van der Waals surface area contributed by atoms with Crippen LogP contribution in [0.1, 0.15) is 19.4 Å². The maximum atomic E-state index is 5.59. The van der Waals surface area contributed by atoms with E-state index in [1.165, 1.54) is 5.56 Å². The van der Waals surface area contributed by atoms with E-state index in [0.29, 0.717) is 0 Å². The van der Waals surface area contributed by atoms with Crippen molar-refractivity contribution in [3.05, 3.63) is 29.8 Å². The van der Waals surface area contributed by atoms with Crippen LogP contribution in [0.4, 0.5) is 0 Å². The quantitative estimate of drug-likeness (QED) is 0.545.